The SMILES string of the molecule is Cc1ccc(NC(=O)c2cc(C(C)(C)C)nn2C)cc1. The van der Waals surface area contributed by atoms with Crippen LogP contribution in [0, 0.1) is 6.92 Å². The molecule has 1 aromatic carbocycles. The Morgan fingerprint density at radius 2 is 1.80 bits per heavy atom. The number of rotatable bonds is 2. The Kier molecular flexibility index (Phi) is 3.66. The van der Waals surface area contributed by atoms with E-state index in [1.807, 2.05) is 37.3 Å². The summed E-state index contributed by atoms with van der Waals surface area (Å²) in [7, 11) is 1.79. The van der Waals surface area contributed by atoms with Crippen LogP contribution in [0.1, 0.15) is 42.5 Å². The van der Waals surface area contributed by atoms with Gasteiger partial charge in [0.05, 0.1) is 5.69 Å². The molecule has 20 heavy (non-hydrogen) atoms. The first-order valence-corrected chi connectivity index (χ1v) is 6.70. The number of benzene rings is 1. The quantitative estimate of drug-likeness (QED) is 0.911. The summed E-state index contributed by atoms with van der Waals surface area (Å²) in [5.74, 6) is -0.139. The number of carbonyl (C=O) groups excluding carboxylic acids is 1. The number of aromatic nitrogens is 2. The maximum absolute atomic E-state index is 12.3. The molecule has 0 aliphatic carbocycles. The minimum atomic E-state index is -0.139. The van der Waals surface area contributed by atoms with Crippen molar-refractivity contribution < 1.29 is 4.79 Å². The predicted octanol–water partition coefficient (Wildman–Crippen LogP) is 3.28. The van der Waals surface area contributed by atoms with Gasteiger partial charge in [0.15, 0.2) is 0 Å². The van der Waals surface area contributed by atoms with E-state index in [2.05, 4.69) is 31.2 Å². The molecule has 0 aliphatic rings. The molecule has 0 atom stereocenters. The van der Waals surface area contributed by atoms with Crippen molar-refractivity contribution in [2.75, 3.05) is 5.32 Å². The van der Waals surface area contributed by atoms with Crippen molar-refractivity contribution in [3.63, 3.8) is 0 Å². The van der Waals surface area contributed by atoms with E-state index < -0.39 is 0 Å². The van der Waals surface area contributed by atoms with E-state index in [1.54, 1.807) is 11.7 Å². The molecule has 0 unspecified atom stereocenters. The van der Waals surface area contributed by atoms with E-state index in [0.29, 0.717) is 5.69 Å². The van der Waals surface area contributed by atoms with Crippen molar-refractivity contribution in [1.29, 1.82) is 0 Å². The van der Waals surface area contributed by atoms with Crippen LogP contribution in [0.2, 0.25) is 0 Å². The molecule has 1 aromatic heterocycles. The van der Waals surface area contributed by atoms with Gasteiger partial charge in [-0.1, -0.05) is 38.5 Å². The Labute approximate surface area is 119 Å². The van der Waals surface area contributed by atoms with Crippen molar-refractivity contribution >= 4 is 11.6 Å². The van der Waals surface area contributed by atoms with E-state index in [9.17, 15) is 4.79 Å². The Morgan fingerprint density at radius 1 is 1.20 bits per heavy atom. The zero-order valence-corrected chi connectivity index (χ0v) is 12.7. The summed E-state index contributed by atoms with van der Waals surface area (Å²) in [4.78, 5) is 12.3. The van der Waals surface area contributed by atoms with E-state index >= 15 is 0 Å². The number of carbonyl (C=O) groups is 1. The topological polar surface area (TPSA) is 46.9 Å². The summed E-state index contributed by atoms with van der Waals surface area (Å²) in [5, 5.41) is 7.31. The smallest absolute Gasteiger partial charge is 0.273 e. The largest absolute Gasteiger partial charge is 0.321 e. The summed E-state index contributed by atoms with van der Waals surface area (Å²) in [5.41, 5.74) is 3.36. The number of nitrogens with zero attached hydrogens (tertiary/aromatic N) is 2. The highest BCUT2D eigenvalue weighted by atomic mass is 16.2. The minimum absolute atomic E-state index is 0.0693. The fraction of sp³-hybridized carbons (Fsp3) is 0.375. The third kappa shape index (κ3) is 3.07. The number of aryl methyl sites for hydroxylation is 2. The maximum atomic E-state index is 12.3. The molecule has 1 heterocycles. The third-order valence-corrected chi connectivity index (χ3v) is 3.19. The van der Waals surface area contributed by atoms with Crippen molar-refractivity contribution in [3.05, 3.63) is 47.3 Å². The fourth-order valence-electron chi connectivity index (χ4n) is 1.88. The van der Waals surface area contributed by atoms with Crippen molar-refractivity contribution in [2.24, 2.45) is 7.05 Å². The van der Waals surface area contributed by atoms with Gasteiger partial charge in [0.1, 0.15) is 5.69 Å². The Hall–Kier alpha value is -2.10. The van der Waals surface area contributed by atoms with Crippen LogP contribution < -0.4 is 5.32 Å². The average molecular weight is 271 g/mol. The number of anilines is 1. The first-order chi connectivity index (χ1) is 9.27. The van der Waals surface area contributed by atoms with Crippen LogP contribution in [-0.4, -0.2) is 15.7 Å². The lowest BCUT2D eigenvalue weighted by Gasteiger charge is -2.13. The highest BCUT2D eigenvalue weighted by Gasteiger charge is 2.21. The summed E-state index contributed by atoms with van der Waals surface area (Å²) >= 11 is 0. The lowest BCUT2D eigenvalue weighted by Crippen LogP contribution is -2.15. The monoisotopic (exact) mass is 271 g/mol. The number of amides is 1. The normalized spacial score (nSPS) is 11.4. The van der Waals surface area contributed by atoms with Crippen molar-refractivity contribution in [3.8, 4) is 0 Å². The lowest BCUT2D eigenvalue weighted by molar-refractivity contribution is 0.101. The second-order valence-electron chi connectivity index (χ2n) is 6.11. The summed E-state index contributed by atoms with van der Waals surface area (Å²) < 4.78 is 1.63. The zero-order chi connectivity index (χ0) is 14.9. The van der Waals surface area contributed by atoms with E-state index in [1.165, 1.54) is 5.56 Å². The third-order valence-electron chi connectivity index (χ3n) is 3.19. The van der Waals surface area contributed by atoms with Gasteiger partial charge in [0.2, 0.25) is 0 Å². The van der Waals surface area contributed by atoms with Crippen LogP contribution in [0.25, 0.3) is 0 Å². The van der Waals surface area contributed by atoms with E-state index in [4.69, 9.17) is 0 Å². The Balaban J connectivity index is 2.21. The molecule has 2 rings (SSSR count). The summed E-state index contributed by atoms with van der Waals surface area (Å²) in [6.07, 6.45) is 0. The maximum Gasteiger partial charge on any atom is 0.273 e. The van der Waals surface area contributed by atoms with Gasteiger partial charge in [-0.15, -0.1) is 0 Å². The molecule has 1 N–H and O–H groups in total. The second-order valence-corrected chi connectivity index (χ2v) is 6.11. The van der Waals surface area contributed by atoms with Gasteiger partial charge in [0.25, 0.3) is 5.91 Å². The molecule has 0 saturated heterocycles. The summed E-state index contributed by atoms with van der Waals surface area (Å²) in [6, 6.07) is 9.59. The predicted molar refractivity (Wildman–Crippen MR) is 81.0 cm³/mol. The molecule has 106 valence electrons. The fourth-order valence-corrected chi connectivity index (χ4v) is 1.88. The van der Waals surface area contributed by atoms with Gasteiger partial charge in [-0.25, -0.2) is 0 Å². The van der Waals surface area contributed by atoms with Crippen molar-refractivity contribution in [1.82, 2.24) is 9.78 Å². The van der Waals surface area contributed by atoms with E-state index in [-0.39, 0.29) is 11.3 Å². The van der Waals surface area contributed by atoms with Crippen LogP contribution in [-0.2, 0) is 12.5 Å². The molecule has 0 fully saturated rings. The standard InChI is InChI=1S/C16H21N3O/c1-11-6-8-12(9-7-11)17-15(20)13-10-14(16(2,3)4)18-19(13)5/h6-10H,1-5H3,(H,17,20). The molecule has 4 nitrogen and oxygen atoms in total. The Bertz CT molecular complexity index is 618. The minimum Gasteiger partial charge on any atom is -0.321 e. The van der Waals surface area contributed by atoms with E-state index in [0.717, 1.165) is 11.4 Å². The average Bonchev–Trinajstić information content (AvgIpc) is 2.74. The molecule has 4 heteroatoms. The zero-order valence-electron chi connectivity index (χ0n) is 12.7. The second kappa shape index (κ2) is 5.12. The van der Waals surface area contributed by atoms with Crippen LogP contribution >= 0.6 is 0 Å². The molecule has 0 radical (unpaired) electrons. The highest BCUT2D eigenvalue weighted by Crippen LogP contribution is 2.21. The van der Waals surface area contributed by atoms with Crippen LogP contribution in [0.15, 0.2) is 30.3 Å². The highest BCUT2D eigenvalue weighted by molar-refractivity contribution is 6.03. The molecular weight excluding hydrogens is 250 g/mol. The van der Waals surface area contributed by atoms with Crippen LogP contribution in [0.4, 0.5) is 5.69 Å². The van der Waals surface area contributed by atoms with Crippen LogP contribution in [0.3, 0.4) is 0 Å². The van der Waals surface area contributed by atoms with Gasteiger partial charge in [-0.05, 0) is 25.1 Å². The molecule has 2 aromatic rings. The summed E-state index contributed by atoms with van der Waals surface area (Å²) in [6.45, 7) is 8.26. The van der Waals surface area contributed by atoms with Gasteiger partial charge in [0, 0.05) is 18.2 Å². The van der Waals surface area contributed by atoms with Crippen LogP contribution in [0.5, 0.6) is 0 Å². The molecule has 1 amide bonds. The van der Waals surface area contributed by atoms with Gasteiger partial charge in [-0.3, -0.25) is 9.48 Å². The van der Waals surface area contributed by atoms with Gasteiger partial charge >= 0.3 is 0 Å². The Morgan fingerprint density at radius 3 is 2.30 bits per heavy atom. The molecule has 0 aliphatic heterocycles. The molecule has 0 saturated carbocycles. The van der Waals surface area contributed by atoms with Crippen molar-refractivity contribution in [2.45, 2.75) is 33.1 Å². The molecule has 0 bridgehead atoms. The first-order valence-electron chi connectivity index (χ1n) is 6.70. The molecule has 0 spiro atoms. The number of hydrogen-bond donors (Lipinski definition) is 1. The molecular formula is C16H21N3O. The number of nitrogens with one attached hydrogen (secondary N) is 1. The van der Waals surface area contributed by atoms with Gasteiger partial charge < -0.3 is 5.32 Å². The number of hydrogen-bond acceptors (Lipinski definition) is 2. The van der Waals surface area contributed by atoms with Gasteiger partial charge in [-0.2, -0.15) is 5.10 Å². The first kappa shape index (κ1) is 14.3. The lowest BCUT2D eigenvalue weighted by atomic mass is 9.92.